The van der Waals surface area contributed by atoms with Crippen LogP contribution in [0.25, 0.3) is 28.2 Å². The number of thioether (sulfide) groups is 1. The van der Waals surface area contributed by atoms with E-state index in [0.717, 1.165) is 32.6 Å². The first kappa shape index (κ1) is 20.3. The quantitative estimate of drug-likeness (QED) is 0.616. The van der Waals surface area contributed by atoms with Crippen molar-refractivity contribution in [3.05, 3.63) is 52.9 Å². The number of carbonyl (C=O) groups excluding carboxylic acids is 2. The number of amides is 2. The molecule has 1 saturated heterocycles. The van der Waals surface area contributed by atoms with Crippen molar-refractivity contribution in [1.29, 1.82) is 0 Å². The maximum Gasteiger partial charge on any atom is 0.290 e. The van der Waals surface area contributed by atoms with Crippen LogP contribution in [0.15, 0.2) is 50.9 Å². The van der Waals surface area contributed by atoms with E-state index in [1.807, 2.05) is 6.92 Å². The number of rotatable bonds is 4. The van der Waals surface area contributed by atoms with E-state index < -0.39 is 21.2 Å². The van der Waals surface area contributed by atoms with Crippen LogP contribution in [0.2, 0.25) is 0 Å². The highest BCUT2D eigenvalue weighted by Crippen LogP contribution is 2.34. The highest BCUT2D eigenvalue weighted by molar-refractivity contribution is 8.18. The topological polar surface area (TPSA) is 110 Å². The van der Waals surface area contributed by atoms with Gasteiger partial charge in [0.25, 0.3) is 11.1 Å². The number of fused-ring (bicyclic) bond motifs is 1. The number of nitrogens with zero attached hydrogens (tertiary/aromatic N) is 2. The number of hydrogen-bond acceptors (Lipinski definition) is 7. The average Bonchev–Trinajstić information content (AvgIpc) is 3.23. The molecule has 0 atom stereocenters. The predicted molar refractivity (Wildman–Crippen MR) is 114 cm³/mol. The maximum absolute atomic E-state index is 12.4. The van der Waals surface area contributed by atoms with Crippen LogP contribution in [0.3, 0.4) is 0 Å². The Kier molecular flexibility index (Phi) is 5.00. The lowest BCUT2D eigenvalue weighted by Crippen LogP contribution is -2.22. The van der Waals surface area contributed by atoms with Crippen molar-refractivity contribution >= 4 is 50.0 Å². The molecule has 8 nitrogen and oxygen atoms in total. The van der Waals surface area contributed by atoms with Crippen molar-refractivity contribution < 1.29 is 22.4 Å². The molecule has 0 radical (unpaired) electrons. The molecular formula is C20H17N3O5S2. The van der Waals surface area contributed by atoms with Crippen LogP contribution in [0.1, 0.15) is 11.3 Å². The number of benzene rings is 1. The van der Waals surface area contributed by atoms with Gasteiger partial charge in [0.2, 0.25) is 10.0 Å². The standard InChI is InChI=1S/C20H17N3O5S2/c1-11-6-14(30(26,27)23(2)3)4-5-15(11)16-10-21-9-12-7-13(28-18(12)16)8-17-19(24)22-20(25)29-17/h4-10H,1-3H3,(H,22,24,25)/b17-8+. The van der Waals surface area contributed by atoms with Gasteiger partial charge in [-0.05, 0) is 48.0 Å². The molecule has 3 heterocycles. The van der Waals surface area contributed by atoms with Crippen molar-refractivity contribution in [1.82, 2.24) is 14.6 Å². The fourth-order valence-corrected chi connectivity index (χ4v) is 4.75. The van der Waals surface area contributed by atoms with Crippen LogP contribution in [-0.4, -0.2) is 42.9 Å². The third-order valence-electron chi connectivity index (χ3n) is 4.62. The molecule has 0 unspecified atom stereocenters. The molecule has 1 aromatic carbocycles. The molecule has 0 aliphatic carbocycles. The van der Waals surface area contributed by atoms with E-state index in [-0.39, 0.29) is 9.80 Å². The SMILES string of the molecule is Cc1cc(S(=O)(=O)N(C)C)ccc1-c1cncc2cc(/C=C3/SC(=O)NC3=O)oc12. The molecule has 3 aromatic rings. The van der Waals surface area contributed by atoms with Crippen LogP contribution in [0.5, 0.6) is 0 Å². The number of nitrogens with one attached hydrogen (secondary N) is 1. The normalized spacial score (nSPS) is 16.1. The number of pyridine rings is 1. The van der Waals surface area contributed by atoms with Gasteiger partial charge in [-0.2, -0.15) is 0 Å². The van der Waals surface area contributed by atoms with Gasteiger partial charge < -0.3 is 4.42 Å². The first-order valence-corrected chi connectivity index (χ1v) is 11.1. The molecule has 154 valence electrons. The summed E-state index contributed by atoms with van der Waals surface area (Å²) in [6.45, 7) is 1.82. The lowest BCUT2D eigenvalue weighted by molar-refractivity contribution is -0.115. The van der Waals surface area contributed by atoms with Crippen molar-refractivity contribution in [2.45, 2.75) is 11.8 Å². The lowest BCUT2D eigenvalue weighted by atomic mass is 10.0. The van der Waals surface area contributed by atoms with E-state index in [4.69, 9.17) is 4.42 Å². The summed E-state index contributed by atoms with van der Waals surface area (Å²) in [5.74, 6) is -0.0478. The van der Waals surface area contributed by atoms with Crippen LogP contribution in [0.4, 0.5) is 4.79 Å². The molecule has 4 rings (SSSR count). The number of carbonyl (C=O) groups is 2. The molecule has 2 aromatic heterocycles. The summed E-state index contributed by atoms with van der Waals surface area (Å²) >= 11 is 0.813. The highest BCUT2D eigenvalue weighted by atomic mass is 32.2. The summed E-state index contributed by atoms with van der Waals surface area (Å²) in [5.41, 5.74) is 2.78. The van der Waals surface area contributed by atoms with Gasteiger partial charge in [-0.1, -0.05) is 6.07 Å². The van der Waals surface area contributed by atoms with Gasteiger partial charge in [0.15, 0.2) is 0 Å². The first-order valence-electron chi connectivity index (χ1n) is 8.83. The summed E-state index contributed by atoms with van der Waals surface area (Å²) in [6.07, 6.45) is 4.79. The Morgan fingerprint density at radius 2 is 1.90 bits per heavy atom. The van der Waals surface area contributed by atoms with Gasteiger partial charge in [-0.15, -0.1) is 0 Å². The minimum Gasteiger partial charge on any atom is -0.456 e. The largest absolute Gasteiger partial charge is 0.456 e. The number of aryl methyl sites for hydroxylation is 1. The van der Waals surface area contributed by atoms with Crippen molar-refractivity contribution in [3.63, 3.8) is 0 Å². The van der Waals surface area contributed by atoms with Crippen LogP contribution < -0.4 is 5.32 Å². The van der Waals surface area contributed by atoms with E-state index >= 15 is 0 Å². The summed E-state index contributed by atoms with van der Waals surface area (Å²) in [6, 6.07) is 6.62. The van der Waals surface area contributed by atoms with E-state index in [0.29, 0.717) is 16.9 Å². The second-order valence-corrected chi connectivity index (χ2v) is 10.0. The third-order valence-corrected chi connectivity index (χ3v) is 7.25. The highest BCUT2D eigenvalue weighted by Gasteiger charge is 2.26. The third kappa shape index (κ3) is 3.53. The molecular weight excluding hydrogens is 426 g/mol. The first-order chi connectivity index (χ1) is 14.2. The van der Waals surface area contributed by atoms with Crippen molar-refractivity contribution in [3.8, 4) is 11.1 Å². The molecule has 0 saturated carbocycles. The van der Waals surface area contributed by atoms with Gasteiger partial charge in [0, 0.05) is 43.5 Å². The molecule has 30 heavy (non-hydrogen) atoms. The molecule has 1 N–H and O–H groups in total. The second kappa shape index (κ2) is 7.38. The van der Waals surface area contributed by atoms with Crippen molar-refractivity contribution in [2.24, 2.45) is 0 Å². The second-order valence-electron chi connectivity index (χ2n) is 6.87. The summed E-state index contributed by atoms with van der Waals surface area (Å²) < 4.78 is 31.9. The Morgan fingerprint density at radius 3 is 2.53 bits per heavy atom. The zero-order chi connectivity index (χ0) is 21.6. The van der Waals surface area contributed by atoms with Crippen molar-refractivity contribution in [2.75, 3.05) is 14.1 Å². The zero-order valence-electron chi connectivity index (χ0n) is 16.3. The van der Waals surface area contributed by atoms with Crippen LogP contribution in [0, 0.1) is 6.92 Å². The molecule has 1 aliphatic heterocycles. The van der Waals surface area contributed by atoms with E-state index in [2.05, 4.69) is 10.3 Å². The summed E-state index contributed by atoms with van der Waals surface area (Å²) in [4.78, 5) is 27.8. The molecule has 1 aliphatic rings. The van der Waals surface area contributed by atoms with Gasteiger partial charge in [0.1, 0.15) is 11.3 Å². The Morgan fingerprint density at radius 1 is 1.13 bits per heavy atom. The zero-order valence-corrected chi connectivity index (χ0v) is 17.9. The van der Waals surface area contributed by atoms with Gasteiger partial charge >= 0.3 is 0 Å². The molecule has 1 fully saturated rings. The van der Waals surface area contributed by atoms with Crippen LogP contribution in [-0.2, 0) is 14.8 Å². The average molecular weight is 444 g/mol. The monoisotopic (exact) mass is 443 g/mol. The van der Waals surface area contributed by atoms with Gasteiger partial charge in [-0.3, -0.25) is 19.9 Å². The minimum absolute atomic E-state index is 0.202. The number of hydrogen-bond donors (Lipinski definition) is 1. The number of aromatic nitrogens is 1. The summed E-state index contributed by atoms with van der Waals surface area (Å²) in [5, 5.41) is 2.50. The number of imide groups is 1. The van der Waals surface area contributed by atoms with Gasteiger partial charge in [-0.25, -0.2) is 12.7 Å². The Hall–Kier alpha value is -2.95. The fraction of sp³-hybridized carbons (Fsp3) is 0.150. The van der Waals surface area contributed by atoms with E-state index in [1.54, 1.807) is 36.7 Å². The Labute approximate surface area is 177 Å². The number of sulfonamides is 1. The van der Waals surface area contributed by atoms with E-state index in [1.165, 1.54) is 20.2 Å². The smallest absolute Gasteiger partial charge is 0.290 e. The lowest BCUT2D eigenvalue weighted by Gasteiger charge is -2.13. The van der Waals surface area contributed by atoms with Gasteiger partial charge in [0.05, 0.1) is 9.80 Å². The maximum atomic E-state index is 12.4. The molecule has 10 heteroatoms. The van der Waals surface area contributed by atoms with Crippen LogP contribution >= 0.6 is 11.8 Å². The van der Waals surface area contributed by atoms with E-state index in [9.17, 15) is 18.0 Å². The predicted octanol–water partition coefficient (Wildman–Crippen LogP) is 3.38. The molecule has 2 amide bonds. The molecule has 0 bridgehead atoms. The fourth-order valence-electron chi connectivity index (χ4n) is 3.11. The molecule has 0 spiro atoms. The minimum atomic E-state index is -3.54. The summed E-state index contributed by atoms with van der Waals surface area (Å²) in [7, 11) is -0.572. The Balaban J connectivity index is 1.79. The number of furan rings is 1. The Bertz CT molecular complexity index is 1340.